The lowest BCUT2D eigenvalue weighted by atomic mass is 9.84. The second-order valence-electron chi connectivity index (χ2n) is 5.75. The molecule has 8 heteroatoms. The highest BCUT2D eigenvalue weighted by Gasteiger charge is 2.36. The van der Waals surface area contributed by atoms with Gasteiger partial charge in [0.25, 0.3) is 5.91 Å². The first-order valence-corrected chi connectivity index (χ1v) is 7.49. The Hall–Kier alpha value is -1.34. The summed E-state index contributed by atoms with van der Waals surface area (Å²) in [6.45, 7) is 2.87. The average molecular weight is 334 g/mol. The molecule has 1 atom stereocenters. The van der Waals surface area contributed by atoms with E-state index in [0.717, 1.165) is 44.6 Å². The van der Waals surface area contributed by atoms with Crippen LogP contribution in [-0.4, -0.2) is 41.5 Å². The topological polar surface area (TPSA) is 45.2 Å². The standard InChI is InChI=1S/C14H15ClF3N3O/c15-12-9(14(16,17)18)1-2-10(19-12)13(22)20-11-7-21-5-3-8(11)4-6-21/h1-2,8,11H,3-7H2,(H,20,22)/t11-/m0/s1. The minimum atomic E-state index is -4.57. The molecule has 1 amide bonds. The van der Waals surface area contributed by atoms with Crippen LogP contribution in [0.15, 0.2) is 12.1 Å². The Morgan fingerprint density at radius 3 is 2.50 bits per heavy atom. The van der Waals surface area contributed by atoms with E-state index >= 15 is 0 Å². The molecule has 0 unspecified atom stereocenters. The molecule has 1 aromatic rings. The van der Waals surface area contributed by atoms with Crippen molar-refractivity contribution in [3.05, 3.63) is 28.5 Å². The van der Waals surface area contributed by atoms with Gasteiger partial charge in [-0.3, -0.25) is 4.79 Å². The highest BCUT2D eigenvalue weighted by Crippen LogP contribution is 2.33. The maximum absolute atomic E-state index is 12.6. The molecule has 0 spiro atoms. The predicted octanol–water partition coefficient (Wildman–Crippen LogP) is 2.58. The molecule has 0 aromatic carbocycles. The Morgan fingerprint density at radius 2 is 2.00 bits per heavy atom. The van der Waals surface area contributed by atoms with Crippen molar-refractivity contribution in [2.75, 3.05) is 19.6 Å². The van der Waals surface area contributed by atoms with Gasteiger partial charge in [0.15, 0.2) is 0 Å². The summed E-state index contributed by atoms with van der Waals surface area (Å²) >= 11 is 5.54. The van der Waals surface area contributed by atoms with Crippen LogP contribution in [0.2, 0.25) is 5.15 Å². The fourth-order valence-corrected chi connectivity index (χ4v) is 3.40. The summed E-state index contributed by atoms with van der Waals surface area (Å²) in [5, 5.41) is 2.17. The monoisotopic (exact) mass is 333 g/mol. The molecule has 22 heavy (non-hydrogen) atoms. The molecule has 4 heterocycles. The number of halogens is 4. The van der Waals surface area contributed by atoms with Gasteiger partial charge in [-0.1, -0.05) is 11.6 Å². The molecule has 0 radical (unpaired) electrons. The van der Waals surface area contributed by atoms with Gasteiger partial charge in [0.05, 0.1) is 5.56 Å². The predicted molar refractivity (Wildman–Crippen MR) is 74.7 cm³/mol. The van der Waals surface area contributed by atoms with Crippen LogP contribution in [0.3, 0.4) is 0 Å². The fraction of sp³-hybridized carbons (Fsp3) is 0.571. The number of piperidine rings is 3. The molecule has 4 rings (SSSR count). The summed E-state index contributed by atoms with van der Waals surface area (Å²) in [5.74, 6) is -0.0479. The molecular formula is C14H15ClF3N3O. The van der Waals surface area contributed by atoms with E-state index in [1.807, 2.05) is 0 Å². The molecule has 120 valence electrons. The molecule has 3 aliphatic rings. The highest BCUT2D eigenvalue weighted by molar-refractivity contribution is 6.30. The van der Waals surface area contributed by atoms with Crippen molar-refractivity contribution in [1.82, 2.24) is 15.2 Å². The average Bonchev–Trinajstić information content (AvgIpc) is 2.47. The van der Waals surface area contributed by atoms with Gasteiger partial charge in [-0.15, -0.1) is 0 Å². The lowest BCUT2D eigenvalue weighted by Gasteiger charge is -2.44. The smallest absolute Gasteiger partial charge is 0.346 e. The number of aromatic nitrogens is 1. The quantitative estimate of drug-likeness (QED) is 0.846. The van der Waals surface area contributed by atoms with Crippen LogP contribution in [0.5, 0.6) is 0 Å². The first-order chi connectivity index (χ1) is 10.3. The van der Waals surface area contributed by atoms with Crippen molar-refractivity contribution in [2.45, 2.75) is 25.1 Å². The number of hydrogen-bond donors (Lipinski definition) is 1. The number of nitrogens with zero attached hydrogens (tertiary/aromatic N) is 2. The number of carbonyl (C=O) groups is 1. The van der Waals surface area contributed by atoms with Crippen LogP contribution in [0, 0.1) is 5.92 Å². The number of carbonyl (C=O) groups excluding carboxylic acids is 1. The molecule has 4 nitrogen and oxygen atoms in total. The van der Waals surface area contributed by atoms with Gasteiger partial charge < -0.3 is 10.2 Å². The van der Waals surface area contributed by atoms with Crippen LogP contribution in [0.4, 0.5) is 13.2 Å². The first kappa shape index (κ1) is 15.6. The van der Waals surface area contributed by atoms with Crippen LogP contribution in [0.1, 0.15) is 28.9 Å². The molecule has 3 fully saturated rings. The van der Waals surface area contributed by atoms with E-state index in [1.165, 1.54) is 0 Å². The SMILES string of the molecule is O=C(N[C@H]1CN2CCC1CC2)c1ccc(C(F)(F)F)c(Cl)n1. The minimum absolute atomic E-state index is 0.0258. The molecule has 1 N–H and O–H groups in total. The Balaban J connectivity index is 1.71. The van der Waals surface area contributed by atoms with E-state index < -0.39 is 22.8 Å². The molecule has 1 aromatic heterocycles. The maximum atomic E-state index is 12.6. The van der Waals surface area contributed by atoms with Gasteiger partial charge in [0, 0.05) is 12.6 Å². The summed E-state index contributed by atoms with van der Waals surface area (Å²) in [6.07, 6.45) is -2.51. The number of pyridine rings is 1. The number of hydrogen-bond acceptors (Lipinski definition) is 3. The van der Waals surface area contributed by atoms with Crippen LogP contribution in [0.25, 0.3) is 0 Å². The maximum Gasteiger partial charge on any atom is 0.419 e. The molecule has 3 aliphatic heterocycles. The molecule has 0 aliphatic carbocycles. The van der Waals surface area contributed by atoms with E-state index in [0.29, 0.717) is 5.92 Å². The van der Waals surface area contributed by atoms with Crippen molar-refractivity contribution in [3.8, 4) is 0 Å². The summed E-state index contributed by atoms with van der Waals surface area (Å²) in [5.41, 5.74) is -1.12. The normalized spacial score (nSPS) is 27.7. The van der Waals surface area contributed by atoms with Gasteiger partial charge in [-0.25, -0.2) is 4.98 Å². The summed E-state index contributed by atoms with van der Waals surface area (Å²) in [4.78, 5) is 18.0. The van der Waals surface area contributed by atoms with E-state index in [2.05, 4.69) is 15.2 Å². The summed E-state index contributed by atoms with van der Waals surface area (Å²) in [6, 6.07) is 1.88. The van der Waals surface area contributed by atoms with Crippen molar-refractivity contribution < 1.29 is 18.0 Å². The van der Waals surface area contributed by atoms with Gasteiger partial charge in [-0.2, -0.15) is 13.2 Å². The van der Waals surface area contributed by atoms with E-state index in [9.17, 15) is 18.0 Å². The third-order valence-electron chi connectivity index (χ3n) is 4.36. The number of nitrogens with one attached hydrogen (secondary N) is 1. The van der Waals surface area contributed by atoms with Gasteiger partial charge in [-0.05, 0) is 44.0 Å². The third kappa shape index (κ3) is 3.05. The number of rotatable bonds is 2. The lowest BCUT2D eigenvalue weighted by molar-refractivity contribution is -0.137. The van der Waals surface area contributed by atoms with Crippen LogP contribution < -0.4 is 5.32 Å². The number of alkyl halides is 3. The van der Waals surface area contributed by atoms with Gasteiger partial charge in [0.1, 0.15) is 10.8 Å². The Bertz CT molecular complexity index is 585. The van der Waals surface area contributed by atoms with E-state index in [-0.39, 0.29) is 11.7 Å². The highest BCUT2D eigenvalue weighted by atomic mass is 35.5. The van der Waals surface area contributed by atoms with E-state index in [4.69, 9.17) is 11.6 Å². The first-order valence-electron chi connectivity index (χ1n) is 7.11. The molecular weight excluding hydrogens is 319 g/mol. The van der Waals surface area contributed by atoms with Crippen molar-refractivity contribution in [1.29, 1.82) is 0 Å². The summed E-state index contributed by atoms with van der Waals surface area (Å²) in [7, 11) is 0. The largest absolute Gasteiger partial charge is 0.419 e. The van der Waals surface area contributed by atoms with Crippen molar-refractivity contribution >= 4 is 17.5 Å². The third-order valence-corrected chi connectivity index (χ3v) is 4.65. The number of fused-ring (bicyclic) bond motifs is 3. The minimum Gasteiger partial charge on any atom is -0.346 e. The molecule has 2 bridgehead atoms. The van der Waals surface area contributed by atoms with Crippen LogP contribution in [-0.2, 0) is 6.18 Å². The Kier molecular flexibility index (Phi) is 4.03. The van der Waals surface area contributed by atoms with Crippen molar-refractivity contribution in [2.24, 2.45) is 5.92 Å². The molecule has 0 saturated carbocycles. The van der Waals surface area contributed by atoms with Crippen molar-refractivity contribution in [3.63, 3.8) is 0 Å². The Morgan fingerprint density at radius 1 is 1.32 bits per heavy atom. The number of amides is 1. The van der Waals surface area contributed by atoms with Gasteiger partial charge in [0.2, 0.25) is 0 Å². The zero-order valence-electron chi connectivity index (χ0n) is 11.7. The zero-order valence-corrected chi connectivity index (χ0v) is 12.4. The Labute approximate surface area is 130 Å². The van der Waals surface area contributed by atoms with Gasteiger partial charge >= 0.3 is 6.18 Å². The fourth-order valence-electron chi connectivity index (χ4n) is 3.14. The second-order valence-corrected chi connectivity index (χ2v) is 6.11. The molecule has 3 saturated heterocycles. The lowest BCUT2D eigenvalue weighted by Crippen LogP contribution is -2.57. The second kappa shape index (κ2) is 5.70. The van der Waals surface area contributed by atoms with Crippen LogP contribution >= 0.6 is 11.6 Å². The zero-order chi connectivity index (χ0) is 15.9. The van der Waals surface area contributed by atoms with E-state index in [1.54, 1.807) is 0 Å². The summed E-state index contributed by atoms with van der Waals surface area (Å²) < 4.78 is 37.9.